The number of hydrogen-bond acceptors (Lipinski definition) is 3. The fraction of sp³-hybridized carbons (Fsp3) is 0.462. The molecule has 1 saturated heterocycles. The van der Waals surface area contributed by atoms with Crippen LogP contribution < -0.4 is 10.6 Å². The number of nitrogens with one attached hydrogen (secondary N) is 2. The van der Waals surface area contributed by atoms with Crippen LogP contribution in [-0.4, -0.2) is 34.6 Å². The molecule has 4 rings (SSSR count). The third kappa shape index (κ3) is 5.71. The van der Waals surface area contributed by atoms with Gasteiger partial charge in [0, 0.05) is 24.0 Å². The van der Waals surface area contributed by atoms with Gasteiger partial charge in [-0.25, -0.2) is 4.79 Å². The molecule has 0 spiro atoms. The Morgan fingerprint density at radius 2 is 1.63 bits per heavy atom. The highest BCUT2D eigenvalue weighted by Gasteiger charge is 2.40. The number of carboxylic acid groups (broad SMARTS) is 1. The average Bonchev–Trinajstić information content (AvgIpc) is 3.32. The van der Waals surface area contributed by atoms with Crippen LogP contribution in [0.5, 0.6) is 0 Å². The Kier molecular flexibility index (Phi) is 7.23. The fourth-order valence-corrected chi connectivity index (χ4v) is 5.22. The Hall–Kier alpha value is -3.23. The molecule has 0 aromatic heterocycles. The lowest BCUT2D eigenvalue weighted by Gasteiger charge is -2.39. The van der Waals surface area contributed by atoms with Crippen molar-refractivity contribution in [2.24, 2.45) is 5.92 Å². The molecule has 0 bridgehead atoms. The van der Waals surface area contributed by atoms with E-state index >= 15 is 0 Å². The molecule has 1 aliphatic carbocycles. The molecule has 2 aromatic rings. The molecule has 1 saturated carbocycles. The van der Waals surface area contributed by atoms with Crippen molar-refractivity contribution >= 4 is 23.4 Å². The minimum Gasteiger partial charge on any atom is -0.465 e. The summed E-state index contributed by atoms with van der Waals surface area (Å²) in [6.07, 6.45) is -0.100. The van der Waals surface area contributed by atoms with Gasteiger partial charge in [-0.1, -0.05) is 31.0 Å². The van der Waals surface area contributed by atoms with E-state index < -0.39 is 35.7 Å². The van der Waals surface area contributed by atoms with Crippen LogP contribution in [0, 0.1) is 12.8 Å². The van der Waals surface area contributed by atoms with E-state index in [-0.39, 0.29) is 17.8 Å². The molecule has 2 atom stereocenters. The maximum Gasteiger partial charge on any atom is 0.416 e. The van der Waals surface area contributed by atoms with Crippen molar-refractivity contribution in [2.45, 2.75) is 63.7 Å². The molecule has 1 aliphatic heterocycles. The summed E-state index contributed by atoms with van der Waals surface area (Å²) in [5.41, 5.74) is 0.917. The second-order valence-electron chi connectivity index (χ2n) is 9.43. The van der Waals surface area contributed by atoms with Gasteiger partial charge < -0.3 is 20.6 Å². The highest BCUT2D eigenvalue weighted by Crippen LogP contribution is 2.38. The van der Waals surface area contributed by atoms with Crippen LogP contribution in [0.3, 0.4) is 0 Å². The number of alkyl halides is 3. The number of aryl methyl sites for hydroxylation is 1. The normalized spacial score (nSPS) is 21.1. The zero-order valence-electron chi connectivity index (χ0n) is 19.6. The van der Waals surface area contributed by atoms with Crippen molar-refractivity contribution in [3.8, 4) is 0 Å². The lowest BCUT2D eigenvalue weighted by molar-refractivity contribution is -0.138. The summed E-state index contributed by atoms with van der Waals surface area (Å²) >= 11 is 0. The number of amides is 2. The molecule has 35 heavy (non-hydrogen) atoms. The van der Waals surface area contributed by atoms with Crippen LogP contribution in [0.2, 0.25) is 0 Å². The number of carbonyl (C=O) groups excluding carboxylic acids is 1. The highest BCUT2D eigenvalue weighted by atomic mass is 19.4. The maximum absolute atomic E-state index is 13.3. The lowest BCUT2D eigenvalue weighted by atomic mass is 9.84. The SMILES string of the molecule is Cc1ccc(NC(=O)[C@H]2CCCN(C(=O)O)[C@H]2c2ccc(NC3CCCC3)cc2)cc1C(F)(F)F. The molecule has 6 nitrogen and oxygen atoms in total. The number of carbonyl (C=O) groups is 2. The lowest BCUT2D eigenvalue weighted by Crippen LogP contribution is -2.45. The van der Waals surface area contributed by atoms with E-state index in [9.17, 15) is 27.9 Å². The van der Waals surface area contributed by atoms with E-state index in [4.69, 9.17) is 0 Å². The molecular formula is C26H30F3N3O3. The number of benzene rings is 2. The summed E-state index contributed by atoms with van der Waals surface area (Å²) in [6.45, 7) is 1.65. The Balaban J connectivity index is 1.56. The second kappa shape index (κ2) is 10.2. The van der Waals surface area contributed by atoms with E-state index in [1.807, 2.05) is 24.3 Å². The minimum atomic E-state index is -4.54. The van der Waals surface area contributed by atoms with Gasteiger partial charge >= 0.3 is 12.3 Å². The Morgan fingerprint density at radius 3 is 2.26 bits per heavy atom. The standard InChI is InChI=1S/C26H30F3N3O3/c1-16-8-11-20(15-22(16)26(27,28)29)31-24(33)21-7-4-14-32(25(34)35)23(21)17-9-12-19(13-10-17)30-18-5-2-3-6-18/h8-13,15,18,21,23,30H,2-7,14H2,1H3,(H,31,33)(H,34,35)/t21-,23-/m0/s1. The van der Waals surface area contributed by atoms with Gasteiger partial charge in [0.2, 0.25) is 5.91 Å². The number of hydrogen-bond donors (Lipinski definition) is 3. The second-order valence-corrected chi connectivity index (χ2v) is 9.43. The topological polar surface area (TPSA) is 81.7 Å². The first-order valence-electron chi connectivity index (χ1n) is 12.0. The zero-order valence-corrected chi connectivity index (χ0v) is 19.6. The monoisotopic (exact) mass is 489 g/mol. The molecule has 0 radical (unpaired) electrons. The Morgan fingerprint density at radius 1 is 0.971 bits per heavy atom. The minimum absolute atomic E-state index is 0.0373. The third-order valence-corrected chi connectivity index (χ3v) is 7.00. The summed E-state index contributed by atoms with van der Waals surface area (Å²) < 4.78 is 39.9. The first-order chi connectivity index (χ1) is 16.6. The summed E-state index contributed by atoms with van der Waals surface area (Å²) in [5, 5.41) is 15.9. The van der Waals surface area contributed by atoms with E-state index in [2.05, 4.69) is 10.6 Å². The van der Waals surface area contributed by atoms with Crippen molar-refractivity contribution in [3.63, 3.8) is 0 Å². The van der Waals surface area contributed by atoms with Crippen molar-refractivity contribution < 1.29 is 27.9 Å². The summed E-state index contributed by atoms with van der Waals surface area (Å²) in [4.78, 5) is 26.5. The van der Waals surface area contributed by atoms with Crippen LogP contribution in [0.25, 0.3) is 0 Å². The number of likely N-dealkylation sites (tertiary alicyclic amines) is 1. The van der Waals surface area contributed by atoms with Crippen molar-refractivity contribution in [1.29, 1.82) is 0 Å². The quantitative estimate of drug-likeness (QED) is 0.452. The van der Waals surface area contributed by atoms with Gasteiger partial charge in [0.15, 0.2) is 0 Å². The van der Waals surface area contributed by atoms with Gasteiger partial charge in [-0.05, 0) is 68.0 Å². The predicted octanol–water partition coefficient (Wildman–Crippen LogP) is 6.44. The van der Waals surface area contributed by atoms with E-state index in [1.165, 1.54) is 36.8 Å². The molecule has 188 valence electrons. The van der Waals surface area contributed by atoms with Crippen LogP contribution in [0.4, 0.5) is 29.3 Å². The molecule has 0 unspecified atom stereocenters. The third-order valence-electron chi connectivity index (χ3n) is 7.00. The van der Waals surface area contributed by atoms with Gasteiger partial charge in [0.05, 0.1) is 17.5 Å². The summed E-state index contributed by atoms with van der Waals surface area (Å²) in [6, 6.07) is 10.8. The Labute approximate surface area is 202 Å². The predicted molar refractivity (Wildman–Crippen MR) is 127 cm³/mol. The number of piperidine rings is 1. The molecule has 1 heterocycles. The molecule has 2 fully saturated rings. The maximum atomic E-state index is 13.3. The van der Waals surface area contributed by atoms with Crippen molar-refractivity contribution in [2.75, 3.05) is 17.2 Å². The van der Waals surface area contributed by atoms with Crippen molar-refractivity contribution in [1.82, 2.24) is 4.90 Å². The number of rotatable bonds is 5. The van der Waals surface area contributed by atoms with Crippen LogP contribution in [-0.2, 0) is 11.0 Å². The van der Waals surface area contributed by atoms with E-state index in [0.717, 1.165) is 24.6 Å². The number of nitrogens with zero attached hydrogens (tertiary/aromatic N) is 1. The number of halogens is 3. The summed E-state index contributed by atoms with van der Waals surface area (Å²) in [5.74, 6) is -1.23. The molecule has 2 amide bonds. The van der Waals surface area contributed by atoms with Crippen LogP contribution in [0.15, 0.2) is 42.5 Å². The fourth-order valence-electron chi connectivity index (χ4n) is 5.22. The Bertz CT molecular complexity index is 1070. The molecule has 9 heteroatoms. The summed E-state index contributed by atoms with van der Waals surface area (Å²) in [7, 11) is 0. The molecule has 2 aliphatic rings. The van der Waals surface area contributed by atoms with Crippen LogP contribution >= 0.6 is 0 Å². The van der Waals surface area contributed by atoms with Gasteiger partial charge in [-0.15, -0.1) is 0 Å². The van der Waals surface area contributed by atoms with E-state index in [1.54, 1.807) is 0 Å². The van der Waals surface area contributed by atoms with E-state index in [0.29, 0.717) is 24.4 Å². The van der Waals surface area contributed by atoms with Gasteiger partial charge in [-0.2, -0.15) is 13.2 Å². The highest BCUT2D eigenvalue weighted by molar-refractivity contribution is 5.93. The molecule has 3 N–H and O–H groups in total. The molecular weight excluding hydrogens is 459 g/mol. The first kappa shape index (κ1) is 24.9. The number of anilines is 2. The largest absolute Gasteiger partial charge is 0.465 e. The first-order valence-corrected chi connectivity index (χ1v) is 12.0. The smallest absolute Gasteiger partial charge is 0.416 e. The van der Waals surface area contributed by atoms with Gasteiger partial charge in [-0.3, -0.25) is 4.79 Å². The van der Waals surface area contributed by atoms with Crippen molar-refractivity contribution in [3.05, 3.63) is 59.2 Å². The van der Waals surface area contributed by atoms with Gasteiger partial charge in [0.25, 0.3) is 0 Å². The van der Waals surface area contributed by atoms with Crippen LogP contribution in [0.1, 0.15) is 61.3 Å². The zero-order chi connectivity index (χ0) is 25.2. The average molecular weight is 490 g/mol. The molecule has 2 aromatic carbocycles. The van der Waals surface area contributed by atoms with Gasteiger partial charge in [0.1, 0.15) is 0 Å².